The van der Waals surface area contributed by atoms with Crippen LogP contribution in [0.15, 0.2) is 0 Å². The van der Waals surface area contributed by atoms with E-state index in [1.807, 2.05) is 0 Å². The Morgan fingerprint density at radius 2 is 1.83 bits per heavy atom. The van der Waals surface area contributed by atoms with Gasteiger partial charge in [0.25, 0.3) is 0 Å². The number of carbonyl (C=O) groups excluding carboxylic acids is 2. The van der Waals surface area contributed by atoms with Gasteiger partial charge in [-0.15, -0.1) is 0 Å². The lowest BCUT2D eigenvalue weighted by Crippen LogP contribution is -2.33. The summed E-state index contributed by atoms with van der Waals surface area (Å²) in [7, 11) is 0. The van der Waals surface area contributed by atoms with E-state index in [-0.39, 0.29) is 19.4 Å². The van der Waals surface area contributed by atoms with Gasteiger partial charge in [-0.25, -0.2) is 0 Å². The first-order valence-corrected chi connectivity index (χ1v) is 3.29. The highest BCUT2D eigenvalue weighted by atomic mass is 16.4. The summed E-state index contributed by atoms with van der Waals surface area (Å²) in [5, 5.41) is 10.3. The molecule has 68 valence electrons. The Labute approximate surface area is 68.7 Å². The first kappa shape index (κ1) is 10.4. The minimum absolute atomic E-state index is 0.136. The zero-order chi connectivity index (χ0) is 9.56. The second kappa shape index (κ2) is 5.11. The van der Waals surface area contributed by atoms with Crippen molar-refractivity contribution in [1.82, 2.24) is 5.32 Å². The number of carbonyl (C=O) groups is 3. The largest absolute Gasteiger partial charge is 0.481 e. The first-order valence-electron chi connectivity index (χ1n) is 3.29. The van der Waals surface area contributed by atoms with Gasteiger partial charge < -0.3 is 16.2 Å². The molecule has 0 spiro atoms. The van der Waals surface area contributed by atoms with Crippen LogP contribution in [0.5, 0.6) is 0 Å². The molecule has 0 fully saturated rings. The van der Waals surface area contributed by atoms with Crippen LogP contribution in [0.25, 0.3) is 0 Å². The van der Waals surface area contributed by atoms with Crippen LogP contribution in [-0.4, -0.2) is 29.4 Å². The summed E-state index contributed by atoms with van der Waals surface area (Å²) < 4.78 is 0. The molecule has 0 aliphatic heterocycles. The Morgan fingerprint density at radius 3 is 2.25 bits per heavy atom. The molecule has 0 radical (unpaired) electrons. The number of nitrogens with two attached hydrogens (primary N) is 1. The fraction of sp³-hybridized carbons (Fsp3) is 0.500. The molecule has 6 heteroatoms. The van der Waals surface area contributed by atoms with E-state index in [9.17, 15) is 14.4 Å². The zero-order valence-corrected chi connectivity index (χ0v) is 6.37. The maximum absolute atomic E-state index is 10.7. The second-order valence-electron chi connectivity index (χ2n) is 2.14. The van der Waals surface area contributed by atoms with Crippen molar-refractivity contribution in [2.24, 2.45) is 5.73 Å². The number of hydrogen-bond acceptors (Lipinski definition) is 3. The van der Waals surface area contributed by atoms with Crippen molar-refractivity contribution in [2.75, 3.05) is 6.54 Å². The molecule has 0 aromatic carbocycles. The maximum Gasteiger partial charge on any atom is 0.303 e. The number of carboxylic acids is 1. The second-order valence-corrected chi connectivity index (χ2v) is 2.14. The molecule has 0 bridgehead atoms. The lowest BCUT2D eigenvalue weighted by molar-refractivity contribution is -0.138. The van der Waals surface area contributed by atoms with Crippen LogP contribution in [-0.2, 0) is 14.4 Å². The average Bonchev–Trinajstić information content (AvgIpc) is 1.96. The van der Waals surface area contributed by atoms with Gasteiger partial charge in [0.15, 0.2) is 0 Å². The highest BCUT2D eigenvalue weighted by Crippen LogP contribution is 1.87. The predicted octanol–water partition coefficient (Wildman–Crippen LogP) is -1.55. The molecule has 4 N–H and O–H groups in total. The molecule has 0 saturated heterocycles. The number of primary amides is 1. The Hall–Kier alpha value is -1.59. The van der Waals surface area contributed by atoms with Gasteiger partial charge in [0.1, 0.15) is 0 Å². The van der Waals surface area contributed by atoms with E-state index in [4.69, 9.17) is 10.8 Å². The summed E-state index contributed by atoms with van der Waals surface area (Å²) >= 11 is 0. The Bertz CT molecular complexity index is 182. The van der Waals surface area contributed by atoms with Crippen molar-refractivity contribution in [2.45, 2.75) is 12.8 Å². The van der Waals surface area contributed by atoms with E-state index >= 15 is 0 Å². The van der Waals surface area contributed by atoms with Crippen molar-refractivity contribution < 1.29 is 19.5 Å². The molecular weight excluding hydrogens is 164 g/mol. The van der Waals surface area contributed by atoms with Gasteiger partial charge in [-0.1, -0.05) is 0 Å². The molecule has 0 aliphatic rings. The molecule has 0 aromatic rings. The van der Waals surface area contributed by atoms with Gasteiger partial charge in [0.2, 0.25) is 11.8 Å². The third kappa shape index (κ3) is 6.53. The van der Waals surface area contributed by atoms with Gasteiger partial charge in [-0.3, -0.25) is 14.4 Å². The molecule has 0 unspecified atom stereocenters. The fourth-order valence-corrected chi connectivity index (χ4v) is 0.495. The van der Waals surface area contributed by atoms with Gasteiger partial charge in [0.05, 0.1) is 13.0 Å². The Morgan fingerprint density at radius 1 is 1.25 bits per heavy atom. The Balaban J connectivity index is 3.47. The molecule has 0 aromatic heterocycles. The quantitative estimate of drug-likeness (QED) is 0.468. The number of hydrogen-bond donors (Lipinski definition) is 3. The molecule has 2 amide bonds. The number of carboxylic acid groups (broad SMARTS) is 1. The predicted molar refractivity (Wildman–Crippen MR) is 39.1 cm³/mol. The van der Waals surface area contributed by atoms with Crippen molar-refractivity contribution >= 4 is 17.8 Å². The van der Waals surface area contributed by atoms with E-state index in [2.05, 4.69) is 5.32 Å². The minimum Gasteiger partial charge on any atom is -0.481 e. The lowest BCUT2D eigenvalue weighted by Gasteiger charge is -1.99. The average molecular weight is 174 g/mol. The van der Waals surface area contributed by atoms with Crippen LogP contribution in [0.3, 0.4) is 0 Å². The van der Waals surface area contributed by atoms with Crippen molar-refractivity contribution in [3.8, 4) is 0 Å². The number of rotatable bonds is 5. The van der Waals surface area contributed by atoms with Gasteiger partial charge in [0, 0.05) is 6.42 Å². The highest BCUT2D eigenvalue weighted by Gasteiger charge is 2.05. The summed E-state index contributed by atoms with van der Waals surface area (Å²) in [5.41, 5.74) is 4.73. The molecule has 0 atom stereocenters. The summed E-state index contributed by atoms with van der Waals surface area (Å²) in [6.45, 7) is -0.252. The van der Waals surface area contributed by atoms with E-state index in [0.29, 0.717) is 0 Å². The van der Waals surface area contributed by atoms with E-state index in [1.165, 1.54) is 0 Å². The standard InChI is InChI=1S/C6H10N2O4/c7-4(9)3-8-5(10)1-2-6(11)12/h1-3H2,(H2,7,9)(H,8,10)(H,11,12). The van der Waals surface area contributed by atoms with Gasteiger partial charge >= 0.3 is 5.97 Å². The summed E-state index contributed by atoms with van der Waals surface area (Å²) in [6.07, 6.45) is -0.382. The number of amides is 2. The van der Waals surface area contributed by atoms with Crippen molar-refractivity contribution in [3.05, 3.63) is 0 Å². The molecule has 0 rings (SSSR count). The third-order valence-electron chi connectivity index (χ3n) is 1.03. The normalized spacial score (nSPS) is 9.00. The summed E-state index contributed by atoms with van der Waals surface area (Å²) in [5.74, 6) is -2.20. The third-order valence-corrected chi connectivity index (χ3v) is 1.03. The first-order chi connectivity index (χ1) is 5.52. The topological polar surface area (TPSA) is 109 Å². The number of aliphatic carboxylic acids is 1. The molecule has 12 heavy (non-hydrogen) atoms. The monoisotopic (exact) mass is 174 g/mol. The van der Waals surface area contributed by atoms with Crippen LogP contribution < -0.4 is 11.1 Å². The molecule has 6 nitrogen and oxygen atoms in total. The van der Waals surface area contributed by atoms with Crippen LogP contribution in [0, 0.1) is 0 Å². The smallest absolute Gasteiger partial charge is 0.303 e. The number of nitrogens with one attached hydrogen (secondary N) is 1. The molecular formula is C6H10N2O4. The Kier molecular flexibility index (Phi) is 4.43. The molecule has 0 heterocycles. The van der Waals surface area contributed by atoms with E-state index < -0.39 is 17.8 Å². The summed E-state index contributed by atoms with van der Waals surface area (Å²) in [6, 6.07) is 0. The highest BCUT2D eigenvalue weighted by molar-refractivity contribution is 5.85. The maximum atomic E-state index is 10.7. The molecule has 0 aliphatic carbocycles. The van der Waals surface area contributed by atoms with Crippen LogP contribution in [0.4, 0.5) is 0 Å². The lowest BCUT2D eigenvalue weighted by atomic mass is 10.3. The minimum atomic E-state index is -1.05. The van der Waals surface area contributed by atoms with Gasteiger partial charge in [-0.05, 0) is 0 Å². The summed E-state index contributed by atoms with van der Waals surface area (Å²) in [4.78, 5) is 30.8. The van der Waals surface area contributed by atoms with Crippen LogP contribution in [0.1, 0.15) is 12.8 Å². The zero-order valence-electron chi connectivity index (χ0n) is 6.37. The van der Waals surface area contributed by atoms with Crippen LogP contribution >= 0.6 is 0 Å². The SMILES string of the molecule is NC(=O)CNC(=O)CCC(=O)O. The van der Waals surface area contributed by atoms with Crippen molar-refractivity contribution in [3.63, 3.8) is 0 Å². The fourth-order valence-electron chi connectivity index (χ4n) is 0.495. The van der Waals surface area contributed by atoms with E-state index in [0.717, 1.165) is 0 Å². The van der Waals surface area contributed by atoms with Gasteiger partial charge in [-0.2, -0.15) is 0 Å². The molecule has 0 saturated carbocycles. The van der Waals surface area contributed by atoms with Crippen molar-refractivity contribution in [1.29, 1.82) is 0 Å². The van der Waals surface area contributed by atoms with Crippen LogP contribution in [0.2, 0.25) is 0 Å². The van der Waals surface area contributed by atoms with E-state index in [1.54, 1.807) is 0 Å².